The molecular formula is C16H19N5O3. The Balaban J connectivity index is 1.75. The van der Waals surface area contributed by atoms with Gasteiger partial charge in [-0.25, -0.2) is 9.48 Å². The van der Waals surface area contributed by atoms with Crippen LogP contribution in [-0.2, 0) is 23.2 Å². The summed E-state index contributed by atoms with van der Waals surface area (Å²) in [5, 5.41) is 6.74. The molecule has 8 nitrogen and oxygen atoms in total. The number of piperazine rings is 1. The maximum absolute atomic E-state index is 12.6. The number of hydrogen-bond acceptors (Lipinski definition) is 4. The summed E-state index contributed by atoms with van der Waals surface area (Å²) in [5.41, 5.74) is 0.511. The molecule has 8 heteroatoms. The Morgan fingerprint density at radius 1 is 1.29 bits per heavy atom. The second kappa shape index (κ2) is 6.69. The fourth-order valence-corrected chi connectivity index (χ4v) is 2.82. The predicted molar refractivity (Wildman–Crippen MR) is 86.0 cm³/mol. The van der Waals surface area contributed by atoms with Crippen molar-refractivity contribution in [1.82, 2.24) is 24.6 Å². The van der Waals surface area contributed by atoms with Crippen LogP contribution in [0.3, 0.4) is 0 Å². The number of hydrogen-bond donors (Lipinski definition) is 1. The summed E-state index contributed by atoms with van der Waals surface area (Å²) in [6.45, 7) is 1.07. The first-order valence-corrected chi connectivity index (χ1v) is 7.78. The molecule has 1 aromatic heterocycles. The minimum Gasteiger partial charge on any atom is -0.352 e. The minimum atomic E-state index is -0.632. The highest BCUT2D eigenvalue weighted by molar-refractivity contribution is 5.89. The molecule has 2 amide bonds. The molecular weight excluding hydrogens is 310 g/mol. The molecule has 2 heterocycles. The highest BCUT2D eigenvalue weighted by Crippen LogP contribution is 2.23. The molecule has 0 saturated carbocycles. The van der Waals surface area contributed by atoms with Crippen LogP contribution in [0, 0.1) is 0 Å². The average molecular weight is 329 g/mol. The van der Waals surface area contributed by atoms with Crippen molar-refractivity contribution < 1.29 is 9.59 Å². The van der Waals surface area contributed by atoms with Gasteiger partial charge in [0.25, 0.3) is 0 Å². The zero-order valence-corrected chi connectivity index (χ0v) is 13.4. The number of carbonyl (C=O) groups excluding carboxylic acids is 2. The van der Waals surface area contributed by atoms with E-state index in [4.69, 9.17) is 0 Å². The second-order valence-electron chi connectivity index (χ2n) is 5.69. The lowest BCUT2D eigenvalue weighted by atomic mass is 10.0. The molecule has 1 saturated heterocycles. The van der Waals surface area contributed by atoms with E-state index < -0.39 is 6.04 Å². The highest BCUT2D eigenvalue weighted by atomic mass is 16.2. The van der Waals surface area contributed by atoms with Crippen molar-refractivity contribution in [3.63, 3.8) is 0 Å². The molecule has 1 aromatic carbocycles. The topological polar surface area (TPSA) is 89.2 Å². The molecule has 0 aliphatic carbocycles. The van der Waals surface area contributed by atoms with Gasteiger partial charge in [-0.2, -0.15) is 5.10 Å². The number of carbonyl (C=O) groups is 2. The van der Waals surface area contributed by atoms with E-state index >= 15 is 0 Å². The van der Waals surface area contributed by atoms with Crippen molar-refractivity contribution in [2.45, 2.75) is 19.0 Å². The lowest BCUT2D eigenvalue weighted by Gasteiger charge is -2.35. The standard InChI is InChI=1S/C16H19N5O3/c1-19-11-18-21(16(19)24)9-7-13(22)20-10-8-17-15(23)14(20)12-5-3-2-4-6-12/h2-6,11,14H,7-10H2,1H3,(H,17,23). The van der Waals surface area contributed by atoms with Crippen LogP contribution in [0.5, 0.6) is 0 Å². The van der Waals surface area contributed by atoms with E-state index in [1.54, 1.807) is 11.9 Å². The molecule has 0 radical (unpaired) electrons. The van der Waals surface area contributed by atoms with Crippen LogP contribution in [0.4, 0.5) is 0 Å². The molecule has 2 aromatic rings. The SMILES string of the molecule is Cn1cnn(CCC(=O)N2CCNC(=O)C2c2ccccc2)c1=O. The molecule has 1 fully saturated rings. The van der Waals surface area contributed by atoms with Gasteiger partial charge in [0.1, 0.15) is 12.4 Å². The van der Waals surface area contributed by atoms with Crippen molar-refractivity contribution in [2.75, 3.05) is 13.1 Å². The van der Waals surface area contributed by atoms with Gasteiger partial charge in [0.2, 0.25) is 11.8 Å². The summed E-state index contributed by atoms with van der Waals surface area (Å²) in [4.78, 5) is 38.2. The number of rotatable bonds is 4. The Labute approximate surface area is 138 Å². The Morgan fingerprint density at radius 2 is 2.04 bits per heavy atom. The smallest absolute Gasteiger partial charge is 0.345 e. The Bertz CT molecular complexity index is 796. The third-order valence-corrected chi connectivity index (χ3v) is 4.07. The first-order chi connectivity index (χ1) is 11.6. The molecule has 1 N–H and O–H groups in total. The van der Waals surface area contributed by atoms with Gasteiger partial charge >= 0.3 is 5.69 Å². The molecule has 0 bridgehead atoms. The molecule has 1 aliphatic rings. The molecule has 24 heavy (non-hydrogen) atoms. The Morgan fingerprint density at radius 3 is 2.71 bits per heavy atom. The van der Waals surface area contributed by atoms with Crippen LogP contribution in [0.2, 0.25) is 0 Å². The van der Waals surface area contributed by atoms with Gasteiger partial charge in [-0.1, -0.05) is 30.3 Å². The normalized spacial score (nSPS) is 17.6. The lowest BCUT2D eigenvalue weighted by molar-refractivity contribution is -0.143. The van der Waals surface area contributed by atoms with Gasteiger partial charge in [0, 0.05) is 26.6 Å². The summed E-state index contributed by atoms with van der Waals surface area (Å²) in [6, 6.07) is 8.58. The summed E-state index contributed by atoms with van der Waals surface area (Å²) in [6.07, 6.45) is 1.53. The monoisotopic (exact) mass is 329 g/mol. The van der Waals surface area contributed by atoms with E-state index in [0.717, 1.165) is 5.56 Å². The van der Waals surface area contributed by atoms with Gasteiger partial charge in [-0.3, -0.25) is 14.2 Å². The number of nitrogens with one attached hydrogen (secondary N) is 1. The van der Waals surface area contributed by atoms with Crippen molar-refractivity contribution in [1.29, 1.82) is 0 Å². The zero-order valence-electron chi connectivity index (χ0n) is 13.4. The summed E-state index contributed by atoms with van der Waals surface area (Å²) >= 11 is 0. The van der Waals surface area contributed by atoms with E-state index in [1.807, 2.05) is 30.3 Å². The van der Waals surface area contributed by atoms with Crippen LogP contribution in [0.1, 0.15) is 18.0 Å². The minimum absolute atomic E-state index is 0.119. The van der Waals surface area contributed by atoms with Crippen LogP contribution < -0.4 is 11.0 Å². The highest BCUT2D eigenvalue weighted by Gasteiger charge is 2.33. The van der Waals surface area contributed by atoms with Crippen molar-refractivity contribution in [3.8, 4) is 0 Å². The molecule has 3 rings (SSSR count). The quantitative estimate of drug-likeness (QED) is 0.832. The van der Waals surface area contributed by atoms with Crippen LogP contribution >= 0.6 is 0 Å². The molecule has 1 aliphatic heterocycles. The third-order valence-electron chi connectivity index (χ3n) is 4.07. The third kappa shape index (κ3) is 3.08. The van der Waals surface area contributed by atoms with Crippen LogP contribution in [0.15, 0.2) is 41.5 Å². The van der Waals surface area contributed by atoms with E-state index in [-0.39, 0.29) is 30.5 Å². The molecule has 1 unspecified atom stereocenters. The van der Waals surface area contributed by atoms with Gasteiger partial charge in [-0.05, 0) is 5.56 Å². The van der Waals surface area contributed by atoms with Crippen molar-refractivity contribution >= 4 is 11.8 Å². The summed E-state index contributed by atoms with van der Waals surface area (Å²) in [7, 11) is 1.61. The number of nitrogens with zero attached hydrogens (tertiary/aromatic N) is 4. The average Bonchev–Trinajstić information content (AvgIpc) is 2.92. The van der Waals surface area contributed by atoms with Gasteiger partial charge in [0.05, 0.1) is 6.54 Å². The second-order valence-corrected chi connectivity index (χ2v) is 5.69. The fraction of sp³-hybridized carbons (Fsp3) is 0.375. The van der Waals surface area contributed by atoms with E-state index in [0.29, 0.717) is 13.1 Å². The number of aromatic nitrogens is 3. The van der Waals surface area contributed by atoms with E-state index in [9.17, 15) is 14.4 Å². The first kappa shape index (κ1) is 16.0. The number of amides is 2. The van der Waals surface area contributed by atoms with Crippen molar-refractivity contribution in [3.05, 3.63) is 52.7 Å². The Kier molecular flexibility index (Phi) is 4.45. The van der Waals surface area contributed by atoms with Gasteiger partial charge in [-0.15, -0.1) is 0 Å². The summed E-state index contributed by atoms with van der Waals surface area (Å²) < 4.78 is 2.60. The molecule has 1 atom stereocenters. The van der Waals surface area contributed by atoms with E-state index in [2.05, 4.69) is 10.4 Å². The zero-order chi connectivity index (χ0) is 17.1. The van der Waals surface area contributed by atoms with Crippen LogP contribution in [-0.4, -0.2) is 44.2 Å². The first-order valence-electron chi connectivity index (χ1n) is 7.78. The number of benzene rings is 1. The largest absolute Gasteiger partial charge is 0.352 e. The molecule has 126 valence electrons. The number of aryl methyl sites for hydroxylation is 2. The Hall–Kier alpha value is -2.90. The summed E-state index contributed by atoms with van der Waals surface area (Å²) in [5.74, 6) is -0.355. The van der Waals surface area contributed by atoms with Crippen LogP contribution in [0.25, 0.3) is 0 Å². The van der Waals surface area contributed by atoms with Gasteiger partial charge < -0.3 is 10.2 Å². The fourth-order valence-electron chi connectivity index (χ4n) is 2.82. The maximum Gasteiger partial charge on any atom is 0.345 e. The van der Waals surface area contributed by atoms with Crippen molar-refractivity contribution in [2.24, 2.45) is 7.05 Å². The lowest BCUT2D eigenvalue weighted by Crippen LogP contribution is -2.52. The predicted octanol–water partition coefficient (Wildman–Crippen LogP) is -0.328. The van der Waals surface area contributed by atoms with E-state index in [1.165, 1.54) is 15.6 Å². The molecule has 0 spiro atoms. The van der Waals surface area contributed by atoms with Gasteiger partial charge in [0.15, 0.2) is 0 Å². The maximum atomic E-state index is 12.6.